The van der Waals surface area contributed by atoms with Crippen molar-refractivity contribution in [3.05, 3.63) is 29.8 Å². The summed E-state index contributed by atoms with van der Waals surface area (Å²) in [6.07, 6.45) is -4.40. The minimum absolute atomic E-state index is 0.00333. The highest BCUT2D eigenvalue weighted by Gasteiger charge is 2.29. The number of benzene rings is 1. The number of halogens is 3. The molecular weight excluding hydrogens is 301 g/mol. The molecule has 0 bridgehead atoms. The highest BCUT2D eigenvalue weighted by atomic mass is 19.4. The van der Waals surface area contributed by atoms with Gasteiger partial charge in [-0.2, -0.15) is 18.3 Å². The fourth-order valence-electron chi connectivity index (χ4n) is 1.42. The van der Waals surface area contributed by atoms with Gasteiger partial charge in [-0.1, -0.05) is 0 Å². The Morgan fingerprint density at radius 2 is 1.82 bits per heavy atom. The van der Waals surface area contributed by atoms with Gasteiger partial charge in [-0.15, -0.1) is 0 Å². The Bertz CT molecular complexity index is 513. The second-order valence-corrected chi connectivity index (χ2v) is 4.10. The normalized spacial score (nSPS) is 12.1. The molecule has 0 aliphatic heterocycles. The molecule has 8 heteroatoms. The molecule has 0 saturated carbocycles. The first-order valence-electron chi connectivity index (χ1n) is 6.63. The first-order valence-corrected chi connectivity index (χ1v) is 6.63. The van der Waals surface area contributed by atoms with Gasteiger partial charge in [0.1, 0.15) is 0 Å². The lowest BCUT2D eigenvalue weighted by atomic mass is 10.2. The minimum atomic E-state index is -4.40. The van der Waals surface area contributed by atoms with Crippen LogP contribution in [0.5, 0.6) is 0 Å². The lowest BCUT2D eigenvalue weighted by Crippen LogP contribution is -2.24. The summed E-state index contributed by atoms with van der Waals surface area (Å²) < 4.78 is 47.2. The van der Waals surface area contributed by atoms with Crippen molar-refractivity contribution in [2.24, 2.45) is 5.10 Å². The van der Waals surface area contributed by atoms with E-state index >= 15 is 0 Å². The number of hydrazone groups is 1. The van der Waals surface area contributed by atoms with Gasteiger partial charge in [0.05, 0.1) is 24.5 Å². The number of anilines is 1. The zero-order chi connectivity index (χ0) is 16.6. The third-order valence-electron chi connectivity index (χ3n) is 2.49. The Morgan fingerprint density at radius 1 is 1.18 bits per heavy atom. The van der Waals surface area contributed by atoms with E-state index < -0.39 is 17.7 Å². The van der Waals surface area contributed by atoms with Crippen molar-refractivity contribution in [1.82, 2.24) is 0 Å². The van der Waals surface area contributed by atoms with Crippen LogP contribution in [0.2, 0.25) is 0 Å². The maximum atomic E-state index is 12.4. The van der Waals surface area contributed by atoms with E-state index in [0.717, 1.165) is 12.1 Å². The predicted molar refractivity (Wildman–Crippen MR) is 75.6 cm³/mol. The minimum Gasteiger partial charge on any atom is -0.461 e. The predicted octanol–water partition coefficient (Wildman–Crippen LogP) is 3.07. The quantitative estimate of drug-likeness (QED) is 0.477. The largest absolute Gasteiger partial charge is 0.461 e. The molecule has 1 aromatic carbocycles. The van der Waals surface area contributed by atoms with Crippen LogP contribution >= 0.6 is 0 Å². The van der Waals surface area contributed by atoms with Crippen molar-refractivity contribution in [1.29, 1.82) is 0 Å². The standard InChI is InChI=1S/C14H17F3N2O3/c1-3-21-9-12(13(20)22-4-2)19-18-11-7-5-10(6-8-11)14(15,16)17/h5-8,18H,3-4,9H2,1-2H3. The number of nitrogens with one attached hydrogen (secondary N) is 1. The zero-order valence-corrected chi connectivity index (χ0v) is 12.2. The molecular formula is C14H17F3N2O3. The molecule has 1 aromatic rings. The van der Waals surface area contributed by atoms with E-state index in [1.54, 1.807) is 13.8 Å². The van der Waals surface area contributed by atoms with Gasteiger partial charge in [-0.25, -0.2) is 4.79 Å². The van der Waals surface area contributed by atoms with Gasteiger partial charge in [0.2, 0.25) is 0 Å². The third kappa shape index (κ3) is 5.72. The molecule has 0 amide bonds. The molecule has 0 aliphatic rings. The van der Waals surface area contributed by atoms with Gasteiger partial charge in [-0.05, 0) is 38.1 Å². The number of carbonyl (C=O) groups excluding carboxylic acids is 1. The molecule has 1 rings (SSSR count). The fourth-order valence-corrected chi connectivity index (χ4v) is 1.42. The van der Waals surface area contributed by atoms with Crippen LogP contribution in [0, 0.1) is 0 Å². The second-order valence-electron chi connectivity index (χ2n) is 4.10. The van der Waals surface area contributed by atoms with Crippen LogP contribution in [-0.2, 0) is 20.4 Å². The van der Waals surface area contributed by atoms with E-state index in [-0.39, 0.29) is 18.9 Å². The summed E-state index contributed by atoms with van der Waals surface area (Å²) in [5.74, 6) is -0.643. The lowest BCUT2D eigenvalue weighted by Gasteiger charge is -2.09. The van der Waals surface area contributed by atoms with E-state index in [4.69, 9.17) is 9.47 Å². The van der Waals surface area contributed by atoms with Crippen LogP contribution in [0.4, 0.5) is 18.9 Å². The van der Waals surface area contributed by atoms with E-state index in [1.165, 1.54) is 12.1 Å². The molecule has 0 atom stereocenters. The SMILES string of the molecule is CCOCC(=NNc1ccc(C(F)(F)F)cc1)C(=O)OCC. The van der Waals surface area contributed by atoms with Gasteiger partial charge in [0, 0.05) is 6.61 Å². The second kappa shape index (κ2) is 8.38. The van der Waals surface area contributed by atoms with E-state index in [0.29, 0.717) is 12.3 Å². The Balaban J connectivity index is 2.78. The third-order valence-corrected chi connectivity index (χ3v) is 2.49. The molecule has 5 nitrogen and oxygen atoms in total. The number of ether oxygens (including phenoxy) is 2. The Hall–Kier alpha value is -2.09. The Kier molecular flexibility index (Phi) is 6.84. The van der Waals surface area contributed by atoms with Crippen molar-refractivity contribution in [3.63, 3.8) is 0 Å². The molecule has 0 fully saturated rings. The molecule has 0 heterocycles. The summed E-state index contributed by atoms with van der Waals surface area (Å²) in [6, 6.07) is 4.28. The average Bonchev–Trinajstić information content (AvgIpc) is 2.47. The van der Waals surface area contributed by atoms with Crippen LogP contribution < -0.4 is 5.43 Å². The Labute approximate surface area is 126 Å². The van der Waals surface area contributed by atoms with Crippen LogP contribution in [0.25, 0.3) is 0 Å². The van der Waals surface area contributed by atoms with Gasteiger partial charge < -0.3 is 9.47 Å². The summed E-state index contributed by atoms with van der Waals surface area (Å²) >= 11 is 0. The highest BCUT2D eigenvalue weighted by Crippen LogP contribution is 2.29. The van der Waals surface area contributed by atoms with Crippen molar-refractivity contribution in [2.45, 2.75) is 20.0 Å². The number of rotatable bonds is 7. The molecule has 0 aromatic heterocycles. The van der Waals surface area contributed by atoms with Crippen LogP contribution in [0.3, 0.4) is 0 Å². The number of hydrogen-bond donors (Lipinski definition) is 1. The summed E-state index contributed by atoms with van der Waals surface area (Å²) in [6.45, 7) is 3.93. The fraction of sp³-hybridized carbons (Fsp3) is 0.429. The summed E-state index contributed by atoms with van der Waals surface area (Å²) in [7, 11) is 0. The molecule has 0 aliphatic carbocycles. The number of hydrogen-bond acceptors (Lipinski definition) is 5. The maximum Gasteiger partial charge on any atom is 0.416 e. The highest BCUT2D eigenvalue weighted by molar-refractivity contribution is 6.37. The first kappa shape index (κ1) is 18.0. The number of alkyl halides is 3. The van der Waals surface area contributed by atoms with Crippen LogP contribution in [-0.4, -0.2) is 31.5 Å². The summed E-state index contributed by atoms with van der Waals surface area (Å²) in [4.78, 5) is 11.6. The molecule has 0 radical (unpaired) electrons. The lowest BCUT2D eigenvalue weighted by molar-refractivity contribution is -0.137. The molecule has 0 unspecified atom stereocenters. The first-order chi connectivity index (χ1) is 10.4. The monoisotopic (exact) mass is 318 g/mol. The van der Waals surface area contributed by atoms with Crippen molar-refractivity contribution < 1.29 is 27.4 Å². The number of nitrogens with zero attached hydrogens (tertiary/aromatic N) is 1. The van der Waals surface area contributed by atoms with Gasteiger partial charge in [0.25, 0.3) is 0 Å². The topological polar surface area (TPSA) is 59.9 Å². The van der Waals surface area contributed by atoms with Crippen LogP contribution in [0.15, 0.2) is 29.4 Å². The molecule has 22 heavy (non-hydrogen) atoms. The van der Waals surface area contributed by atoms with Gasteiger partial charge >= 0.3 is 12.1 Å². The zero-order valence-electron chi connectivity index (χ0n) is 12.2. The van der Waals surface area contributed by atoms with E-state index in [9.17, 15) is 18.0 Å². The summed E-state index contributed by atoms with van der Waals surface area (Å²) in [5.41, 5.74) is 2.06. The van der Waals surface area contributed by atoms with Gasteiger partial charge in [0.15, 0.2) is 5.71 Å². The molecule has 0 spiro atoms. The average molecular weight is 318 g/mol. The smallest absolute Gasteiger partial charge is 0.416 e. The maximum absolute atomic E-state index is 12.4. The van der Waals surface area contributed by atoms with E-state index in [1.807, 2.05) is 0 Å². The molecule has 1 N–H and O–H groups in total. The number of carbonyl (C=O) groups is 1. The van der Waals surface area contributed by atoms with Gasteiger partial charge in [-0.3, -0.25) is 5.43 Å². The number of esters is 1. The van der Waals surface area contributed by atoms with Crippen molar-refractivity contribution in [3.8, 4) is 0 Å². The van der Waals surface area contributed by atoms with Crippen molar-refractivity contribution >= 4 is 17.4 Å². The molecule has 122 valence electrons. The summed E-state index contributed by atoms with van der Waals surface area (Å²) in [5, 5.41) is 3.83. The van der Waals surface area contributed by atoms with Crippen LogP contribution in [0.1, 0.15) is 19.4 Å². The Morgan fingerprint density at radius 3 is 2.32 bits per heavy atom. The van der Waals surface area contributed by atoms with E-state index in [2.05, 4.69) is 10.5 Å². The van der Waals surface area contributed by atoms with Crippen molar-refractivity contribution in [2.75, 3.05) is 25.2 Å². The molecule has 0 saturated heterocycles.